The van der Waals surface area contributed by atoms with E-state index >= 15 is 0 Å². The second-order valence-corrected chi connectivity index (χ2v) is 8.53. The molecule has 0 aromatic heterocycles. The molecule has 1 atom stereocenters. The Labute approximate surface area is 156 Å². The first-order chi connectivity index (χ1) is 12.3. The number of carbonyl (C=O) groups is 2. The molecule has 2 saturated heterocycles. The molecule has 2 aliphatic heterocycles. The highest BCUT2D eigenvalue weighted by Crippen LogP contribution is 2.45. The molecular formula is C21H31N3O2. The standard InChI is InChI=1S/C21H31N3O2/c1-4-23-15-21(10-12-24(13-11-21)19(26)20(2,3)22)14-17(18(23)25)16-8-6-5-7-9-16/h5-9,17H,4,10-15,22H2,1-3H3/t17-/m1/s1. The first-order valence-electron chi connectivity index (χ1n) is 9.68. The molecule has 26 heavy (non-hydrogen) atoms. The molecule has 5 heteroatoms. The summed E-state index contributed by atoms with van der Waals surface area (Å²) in [6.45, 7) is 8.59. The zero-order valence-electron chi connectivity index (χ0n) is 16.2. The molecule has 0 bridgehead atoms. The number of hydrogen-bond donors (Lipinski definition) is 1. The third kappa shape index (κ3) is 3.63. The molecule has 5 nitrogen and oxygen atoms in total. The zero-order valence-corrected chi connectivity index (χ0v) is 16.2. The Balaban J connectivity index is 1.78. The van der Waals surface area contributed by atoms with E-state index in [4.69, 9.17) is 5.73 Å². The van der Waals surface area contributed by atoms with Crippen LogP contribution in [0, 0.1) is 5.41 Å². The number of amides is 2. The molecule has 2 amide bonds. The highest BCUT2D eigenvalue weighted by molar-refractivity contribution is 5.86. The van der Waals surface area contributed by atoms with Crippen LogP contribution in [0.5, 0.6) is 0 Å². The summed E-state index contributed by atoms with van der Waals surface area (Å²) in [4.78, 5) is 29.3. The number of hydrogen-bond acceptors (Lipinski definition) is 3. The fourth-order valence-corrected chi connectivity index (χ4v) is 4.46. The van der Waals surface area contributed by atoms with Gasteiger partial charge in [0.2, 0.25) is 11.8 Å². The van der Waals surface area contributed by atoms with Crippen LogP contribution in [-0.4, -0.2) is 53.3 Å². The lowest BCUT2D eigenvalue weighted by Crippen LogP contribution is -2.58. The van der Waals surface area contributed by atoms with E-state index in [1.807, 2.05) is 28.0 Å². The third-order valence-electron chi connectivity index (χ3n) is 6.02. The van der Waals surface area contributed by atoms with Crippen molar-refractivity contribution in [1.29, 1.82) is 0 Å². The molecule has 2 aliphatic rings. The van der Waals surface area contributed by atoms with Crippen LogP contribution in [-0.2, 0) is 9.59 Å². The second kappa shape index (κ2) is 7.03. The first kappa shape index (κ1) is 18.9. The Morgan fingerprint density at radius 2 is 1.85 bits per heavy atom. The molecule has 1 spiro atoms. The number of nitrogens with zero attached hydrogens (tertiary/aromatic N) is 2. The molecule has 0 aliphatic carbocycles. The van der Waals surface area contributed by atoms with Crippen LogP contribution >= 0.6 is 0 Å². The molecule has 142 valence electrons. The van der Waals surface area contributed by atoms with E-state index in [0.717, 1.165) is 51.0 Å². The number of benzene rings is 1. The normalized spacial score (nSPS) is 23.4. The van der Waals surface area contributed by atoms with E-state index < -0.39 is 5.54 Å². The number of likely N-dealkylation sites (N-methyl/N-ethyl adjacent to an activating group) is 1. The average molecular weight is 357 g/mol. The van der Waals surface area contributed by atoms with Gasteiger partial charge in [-0.25, -0.2) is 0 Å². The summed E-state index contributed by atoms with van der Waals surface area (Å²) < 4.78 is 0. The van der Waals surface area contributed by atoms with Crippen molar-refractivity contribution in [2.24, 2.45) is 11.1 Å². The predicted molar refractivity (Wildman–Crippen MR) is 103 cm³/mol. The Kier molecular flexibility index (Phi) is 5.11. The van der Waals surface area contributed by atoms with Crippen LogP contribution in [0.25, 0.3) is 0 Å². The highest BCUT2D eigenvalue weighted by Gasteiger charge is 2.46. The van der Waals surface area contributed by atoms with Crippen molar-refractivity contribution in [3.8, 4) is 0 Å². The Morgan fingerprint density at radius 1 is 1.23 bits per heavy atom. The second-order valence-electron chi connectivity index (χ2n) is 8.53. The molecule has 0 saturated carbocycles. The van der Waals surface area contributed by atoms with Gasteiger partial charge in [0.05, 0.1) is 11.5 Å². The fraction of sp³-hybridized carbons (Fsp3) is 0.619. The quantitative estimate of drug-likeness (QED) is 0.903. The molecule has 1 aromatic rings. The van der Waals surface area contributed by atoms with Crippen LogP contribution < -0.4 is 5.73 Å². The maximum absolute atomic E-state index is 12.9. The van der Waals surface area contributed by atoms with Crippen molar-refractivity contribution >= 4 is 11.8 Å². The van der Waals surface area contributed by atoms with Crippen molar-refractivity contribution in [1.82, 2.24) is 9.80 Å². The number of carbonyl (C=O) groups excluding carboxylic acids is 2. The lowest BCUT2D eigenvalue weighted by Gasteiger charge is -2.50. The molecule has 2 fully saturated rings. The number of piperidine rings is 2. The summed E-state index contributed by atoms with van der Waals surface area (Å²) in [7, 11) is 0. The van der Waals surface area contributed by atoms with E-state index in [0.29, 0.717) is 0 Å². The van der Waals surface area contributed by atoms with Gasteiger partial charge in [-0.1, -0.05) is 30.3 Å². The van der Waals surface area contributed by atoms with Crippen molar-refractivity contribution in [2.75, 3.05) is 26.2 Å². The van der Waals surface area contributed by atoms with E-state index in [1.54, 1.807) is 13.8 Å². The highest BCUT2D eigenvalue weighted by atomic mass is 16.2. The number of rotatable bonds is 3. The summed E-state index contributed by atoms with van der Waals surface area (Å²) >= 11 is 0. The van der Waals surface area contributed by atoms with E-state index in [1.165, 1.54) is 0 Å². The third-order valence-corrected chi connectivity index (χ3v) is 6.02. The minimum Gasteiger partial charge on any atom is -0.342 e. The molecule has 0 radical (unpaired) electrons. The van der Waals surface area contributed by atoms with Gasteiger partial charge in [-0.05, 0) is 51.0 Å². The SMILES string of the molecule is CCN1CC2(CCN(C(=O)C(C)(C)N)CC2)C[C@H](c2ccccc2)C1=O. The average Bonchev–Trinajstić information content (AvgIpc) is 2.63. The Morgan fingerprint density at radius 3 is 2.38 bits per heavy atom. The Bertz CT molecular complexity index is 658. The summed E-state index contributed by atoms with van der Waals surface area (Å²) in [5, 5.41) is 0. The minimum absolute atomic E-state index is 0.0196. The molecular weight excluding hydrogens is 326 g/mol. The van der Waals surface area contributed by atoms with Gasteiger partial charge in [0.15, 0.2) is 0 Å². The number of nitrogens with two attached hydrogens (primary N) is 1. The van der Waals surface area contributed by atoms with Crippen molar-refractivity contribution in [3.63, 3.8) is 0 Å². The predicted octanol–water partition coefficient (Wildman–Crippen LogP) is 2.37. The van der Waals surface area contributed by atoms with E-state index in [-0.39, 0.29) is 23.1 Å². The molecule has 1 aromatic carbocycles. The largest absolute Gasteiger partial charge is 0.342 e. The van der Waals surface area contributed by atoms with Gasteiger partial charge < -0.3 is 15.5 Å². The van der Waals surface area contributed by atoms with Crippen molar-refractivity contribution < 1.29 is 9.59 Å². The van der Waals surface area contributed by atoms with Gasteiger partial charge >= 0.3 is 0 Å². The summed E-state index contributed by atoms with van der Waals surface area (Å²) in [5.74, 6) is 0.190. The van der Waals surface area contributed by atoms with Crippen LogP contribution in [0.2, 0.25) is 0 Å². The monoisotopic (exact) mass is 357 g/mol. The Hall–Kier alpha value is -1.88. The van der Waals surface area contributed by atoms with Gasteiger partial charge in [0, 0.05) is 26.2 Å². The van der Waals surface area contributed by atoms with E-state index in [9.17, 15) is 9.59 Å². The smallest absolute Gasteiger partial charge is 0.242 e. The van der Waals surface area contributed by atoms with Crippen molar-refractivity contribution in [2.45, 2.75) is 51.5 Å². The van der Waals surface area contributed by atoms with Gasteiger partial charge in [-0.15, -0.1) is 0 Å². The fourth-order valence-electron chi connectivity index (χ4n) is 4.46. The molecule has 2 heterocycles. The summed E-state index contributed by atoms with van der Waals surface area (Å²) in [6.07, 6.45) is 2.74. The van der Waals surface area contributed by atoms with Crippen molar-refractivity contribution in [3.05, 3.63) is 35.9 Å². The minimum atomic E-state index is -0.824. The zero-order chi connectivity index (χ0) is 18.9. The van der Waals surface area contributed by atoms with Crippen LogP contribution in [0.3, 0.4) is 0 Å². The molecule has 2 N–H and O–H groups in total. The maximum Gasteiger partial charge on any atom is 0.242 e. The van der Waals surface area contributed by atoms with Gasteiger partial charge in [0.1, 0.15) is 0 Å². The lowest BCUT2D eigenvalue weighted by atomic mass is 9.67. The lowest BCUT2D eigenvalue weighted by molar-refractivity contribution is -0.145. The molecule has 0 unspecified atom stereocenters. The summed E-state index contributed by atoms with van der Waals surface area (Å²) in [5.41, 5.74) is 6.38. The van der Waals surface area contributed by atoms with Crippen LogP contribution in [0.1, 0.15) is 51.5 Å². The van der Waals surface area contributed by atoms with Crippen LogP contribution in [0.15, 0.2) is 30.3 Å². The molecule has 3 rings (SSSR count). The first-order valence-corrected chi connectivity index (χ1v) is 9.68. The van der Waals surface area contributed by atoms with E-state index in [2.05, 4.69) is 19.1 Å². The summed E-state index contributed by atoms with van der Waals surface area (Å²) in [6, 6.07) is 10.1. The van der Waals surface area contributed by atoms with Crippen LogP contribution in [0.4, 0.5) is 0 Å². The maximum atomic E-state index is 12.9. The van der Waals surface area contributed by atoms with Gasteiger partial charge in [-0.3, -0.25) is 9.59 Å². The topological polar surface area (TPSA) is 66.6 Å². The van der Waals surface area contributed by atoms with Gasteiger partial charge in [-0.2, -0.15) is 0 Å². The number of likely N-dealkylation sites (tertiary alicyclic amines) is 2. The van der Waals surface area contributed by atoms with Gasteiger partial charge in [0.25, 0.3) is 0 Å².